The van der Waals surface area contributed by atoms with Crippen molar-refractivity contribution in [3.63, 3.8) is 0 Å². The van der Waals surface area contributed by atoms with Crippen LogP contribution in [-0.4, -0.2) is 11.6 Å². The molecule has 3 aromatic rings. The molecule has 0 aliphatic heterocycles. The Balaban J connectivity index is 1.62. The number of ether oxygens (including phenoxy) is 1. The normalized spacial score (nSPS) is 10.3. The highest BCUT2D eigenvalue weighted by molar-refractivity contribution is 5.53. The molecular weight excluding hydrogens is 288 g/mol. The first-order valence-corrected chi connectivity index (χ1v) is 7.41. The molecule has 0 spiro atoms. The van der Waals surface area contributed by atoms with Crippen LogP contribution in [0.25, 0.3) is 11.5 Å². The van der Waals surface area contributed by atoms with E-state index in [1.54, 1.807) is 24.3 Å². The van der Waals surface area contributed by atoms with Crippen LogP contribution in [0, 0.1) is 18.3 Å². The first-order valence-electron chi connectivity index (χ1n) is 7.41. The van der Waals surface area contributed by atoms with E-state index in [0.717, 1.165) is 22.8 Å². The maximum absolute atomic E-state index is 8.77. The summed E-state index contributed by atoms with van der Waals surface area (Å²) in [5.74, 6) is 2.19. The van der Waals surface area contributed by atoms with Crippen molar-refractivity contribution in [1.82, 2.24) is 4.98 Å². The number of hydrogen-bond donors (Lipinski definition) is 0. The van der Waals surface area contributed by atoms with Crippen molar-refractivity contribution in [2.75, 3.05) is 6.61 Å². The molecule has 0 bridgehead atoms. The summed E-state index contributed by atoms with van der Waals surface area (Å²) in [7, 11) is 0. The Kier molecular flexibility index (Phi) is 4.39. The monoisotopic (exact) mass is 304 g/mol. The SMILES string of the molecule is Cc1oc(-c2ccccc2)nc1CCOc1ccc(C#N)cc1. The summed E-state index contributed by atoms with van der Waals surface area (Å²) in [6, 6.07) is 19.0. The van der Waals surface area contributed by atoms with Crippen LogP contribution in [-0.2, 0) is 6.42 Å². The average Bonchev–Trinajstić information content (AvgIpc) is 2.97. The molecule has 0 fully saturated rings. The molecule has 3 rings (SSSR count). The van der Waals surface area contributed by atoms with E-state index in [0.29, 0.717) is 24.5 Å². The molecule has 0 radical (unpaired) electrons. The maximum Gasteiger partial charge on any atom is 0.226 e. The minimum atomic E-state index is 0.507. The van der Waals surface area contributed by atoms with E-state index in [9.17, 15) is 0 Å². The van der Waals surface area contributed by atoms with Gasteiger partial charge < -0.3 is 9.15 Å². The maximum atomic E-state index is 8.77. The summed E-state index contributed by atoms with van der Waals surface area (Å²) < 4.78 is 11.4. The van der Waals surface area contributed by atoms with Crippen molar-refractivity contribution in [3.05, 3.63) is 71.6 Å². The molecule has 0 unspecified atom stereocenters. The van der Waals surface area contributed by atoms with Crippen LogP contribution in [0.15, 0.2) is 59.0 Å². The number of aryl methyl sites for hydroxylation is 1. The van der Waals surface area contributed by atoms with Gasteiger partial charge in [0, 0.05) is 12.0 Å². The fourth-order valence-corrected chi connectivity index (χ4v) is 2.26. The molecule has 1 heterocycles. The van der Waals surface area contributed by atoms with E-state index in [2.05, 4.69) is 11.1 Å². The lowest BCUT2D eigenvalue weighted by Crippen LogP contribution is -2.02. The van der Waals surface area contributed by atoms with E-state index in [1.807, 2.05) is 37.3 Å². The van der Waals surface area contributed by atoms with Crippen molar-refractivity contribution < 1.29 is 9.15 Å². The molecule has 23 heavy (non-hydrogen) atoms. The molecule has 4 heteroatoms. The Morgan fingerprint density at radius 1 is 1.09 bits per heavy atom. The molecule has 0 saturated carbocycles. The second-order valence-corrected chi connectivity index (χ2v) is 5.12. The Bertz CT molecular complexity index is 815. The van der Waals surface area contributed by atoms with Gasteiger partial charge >= 0.3 is 0 Å². The fraction of sp³-hybridized carbons (Fsp3) is 0.158. The Morgan fingerprint density at radius 2 is 1.83 bits per heavy atom. The van der Waals surface area contributed by atoms with Gasteiger partial charge in [-0.05, 0) is 43.3 Å². The fourth-order valence-electron chi connectivity index (χ4n) is 2.26. The largest absolute Gasteiger partial charge is 0.493 e. The third kappa shape index (κ3) is 3.58. The lowest BCUT2D eigenvalue weighted by atomic mass is 10.2. The Morgan fingerprint density at radius 3 is 2.52 bits per heavy atom. The minimum Gasteiger partial charge on any atom is -0.493 e. The molecule has 0 aliphatic rings. The van der Waals surface area contributed by atoms with Crippen LogP contribution in [0.4, 0.5) is 0 Å². The van der Waals surface area contributed by atoms with Crippen LogP contribution in [0.5, 0.6) is 5.75 Å². The zero-order valence-electron chi connectivity index (χ0n) is 12.8. The van der Waals surface area contributed by atoms with E-state index in [-0.39, 0.29) is 0 Å². The second-order valence-electron chi connectivity index (χ2n) is 5.12. The highest BCUT2D eigenvalue weighted by atomic mass is 16.5. The van der Waals surface area contributed by atoms with Crippen LogP contribution < -0.4 is 4.74 Å². The molecule has 114 valence electrons. The molecule has 2 aromatic carbocycles. The van der Waals surface area contributed by atoms with Gasteiger partial charge in [-0.3, -0.25) is 0 Å². The zero-order valence-corrected chi connectivity index (χ0v) is 12.8. The second kappa shape index (κ2) is 6.80. The van der Waals surface area contributed by atoms with Gasteiger partial charge in [-0.15, -0.1) is 0 Å². The van der Waals surface area contributed by atoms with Crippen molar-refractivity contribution in [2.24, 2.45) is 0 Å². The van der Waals surface area contributed by atoms with Gasteiger partial charge in [0.15, 0.2) is 0 Å². The van der Waals surface area contributed by atoms with Gasteiger partial charge in [0.2, 0.25) is 5.89 Å². The quantitative estimate of drug-likeness (QED) is 0.710. The van der Waals surface area contributed by atoms with Gasteiger partial charge in [-0.1, -0.05) is 18.2 Å². The summed E-state index contributed by atoms with van der Waals surface area (Å²) in [6.45, 7) is 2.42. The highest BCUT2D eigenvalue weighted by Crippen LogP contribution is 2.22. The molecule has 4 nitrogen and oxygen atoms in total. The molecule has 0 amide bonds. The third-order valence-corrected chi connectivity index (χ3v) is 3.50. The number of nitrogens with zero attached hydrogens (tertiary/aromatic N) is 2. The van der Waals surface area contributed by atoms with Crippen molar-refractivity contribution in [3.8, 4) is 23.3 Å². The molecule has 0 saturated heterocycles. The van der Waals surface area contributed by atoms with Gasteiger partial charge in [0.25, 0.3) is 0 Å². The molecule has 0 atom stereocenters. The standard InChI is InChI=1S/C19H16N2O2/c1-14-18(21-19(23-14)16-5-3-2-4-6-16)11-12-22-17-9-7-15(13-20)8-10-17/h2-10H,11-12H2,1H3. The smallest absolute Gasteiger partial charge is 0.226 e. The lowest BCUT2D eigenvalue weighted by Gasteiger charge is -2.04. The van der Waals surface area contributed by atoms with Gasteiger partial charge in [0.05, 0.1) is 23.9 Å². The van der Waals surface area contributed by atoms with Gasteiger partial charge in [-0.25, -0.2) is 4.98 Å². The van der Waals surface area contributed by atoms with E-state index >= 15 is 0 Å². The lowest BCUT2D eigenvalue weighted by molar-refractivity contribution is 0.320. The number of benzene rings is 2. The summed E-state index contributed by atoms with van der Waals surface area (Å²) >= 11 is 0. The predicted octanol–water partition coefficient (Wildman–Crippen LogP) is 4.14. The van der Waals surface area contributed by atoms with Crippen molar-refractivity contribution >= 4 is 0 Å². The molecule has 0 aliphatic carbocycles. The van der Waals surface area contributed by atoms with Crippen molar-refractivity contribution in [2.45, 2.75) is 13.3 Å². The zero-order chi connectivity index (χ0) is 16.1. The highest BCUT2D eigenvalue weighted by Gasteiger charge is 2.11. The molecule has 1 aromatic heterocycles. The van der Waals surface area contributed by atoms with Gasteiger partial charge in [-0.2, -0.15) is 5.26 Å². The van der Waals surface area contributed by atoms with Gasteiger partial charge in [0.1, 0.15) is 11.5 Å². The summed E-state index contributed by atoms with van der Waals surface area (Å²) in [5.41, 5.74) is 2.49. The first-order chi connectivity index (χ1) is 11.3. The van der Waals surface area contributed by atoms with Crippen LogP contribution in [0.2, 0.25) is 0 Å². The summed E-state index contributed by atoms with van der Waals surface area (Å²) in [4.78, 5) is 4.55. The number of nitriles is 1. The third-order valence-electron chi connectivity index (χ3n) is 3.50. The predicted molar refractivity (Wildman–Crippen MR) is 87.0 cm³/mol. The number of hydrogen-bond acceptors (Lipinski definition) is 4. The number of rotatable bonds is 5. The summed E-state index contributed by atoms with van der Waals surface area (Å²) in [5, 5.41) is 8.77. The van der Waals surface area contributed by atoms with Crippen LogP contribution >= 0.6 is 0 Å². The molecular formula is C19H16N2O2. The topological polar surface area (TPSA) is 59.1 Å². The first kappa shape index (κ1) is 14.9. The Labute approximate surface area is 135 Å². The van der Waals surface area contributed by atoms with Crippen molar-refractivity contribution in [1.29, 1.82) is 5.26 Å². The summed E-state index contributed by atoms with van der Waals surface area (Å²) in [6.07, 6.45) is 0.669. The average molecular weight is 304 g/mol. The number of aromatic nitrogens is 1. The van der Waals surface area contributed by atoms with E-state index in [4.69, 9.17) is 14.4 Å². The van der Waals surface area contributed by atoms with E-state index in [1.165, 1.54) is 0 Å². The minimum absolute atomic E-state index is 0.507. The molecule has 0 N–H and O–H groups in total. The van der Waals surface area contributed by atoms with Crippen LogP contribution in [0.1, 0.15) is 17.0 Å². The number of oxazole rings is 1. The van der Waals surface area contributed by atoms with Crippen LogP contribution in [0.3, 0.4) is 0 Å². The van der Waals surface area contributed by atoms with E-state index < -0.39 is 0 Å². The Hall–Kier alpha value is -3.06.